The number of hydrogen-bond donors (Lipinski definition) is 1. The van der Waals surface area contributed by atoms with Gasteiger partial charge in [-0.3, -0.25) is 4.79 Å². The number of allylic oxidation sites excluding steroid dienone is 2. The van der Waals surface area contributed by atoms with Gasteiger partial charge in [-0.05, 0) is 54.7 Å². The molecule has 1 N–H and O–H groups in total. The van der Waals surface area contributed by atoms with Crippen LogP contribution in [0.3, 0.4) is 0 Å². The minimum Gasteiger partial charge on any atom is -0.489 e. The SMILES string of the molecule is Cc1ccc(COc2cccc(C3C4=C(CCCC4=O)Nc4nc(SCc5ccccc5Cl)nn43)c2)cc1. The maximum absolute atomic E-state index is 13.2. The van der Waals surface area contributed by atoms with Gasteiger partial charge in [0.15, 0.2) is 5.78 Å². The van der Waals surface area contributed by atoms with Crippen LogP contribution in [0.25, 0.3) is 0 Å². The number of nitrogens with one attached hydrogen (secondary N) is 1. The van der Waals surface area contributed by atoms with Gasteiger partial charge in [0.05, 0.1) is 0 Å². The van der Waals surface area contributed by atoms with E-state index in [0.717, 1.165) is 51.6 Å². The molecule has 1 unspecified atom stereocenters. The number of fused-ring (bicyclic) bond motifs is 1. The van der Waals surface area contributed by atoms with Gasteiger partial charge in [-0.2, -0.15) is 4.98 Å². The zero-order valence-corrected chi connectivity index (χ0v) is 22.6. The molecule has 0 radical (unpaired) electrons. The summed E-state index contributed by atoms with van der Waals surface area (Å²) in [6, 6.07) is 23.7. The molecular formula is C30H27ClN4O2S. The molecule has 6 nitrogen and oxygen atoms in total. The predicted molar refractivity (Wildman–Crippen MR) is 151 cm³/mol. The molecule has 0 amide bonds. The number of thioether (sulfide) groups is 1. The maximum atomic E-state index is 13.2. The summed E-state index contributed by atoms with van der Waals surface area (Å²) in [5.41, 5.74) is 6.02. The van der Waals surface area contributed by atoms with E-state index in [1.54, 1.807) is 0 Å². The molecule has 6 rings (SSSR count). The summed E-state index contributed by atoms with van der Waals surface area (Å²) in [6.45, 7) is 2.54. The van der Waals surface area contributed by atoms with Crippen molar-refractivity contribution in [1.82, 2.24) is 14.8 Å². The van der Waals surface area contributed by atoms with Crippen molar-refractivity contribution in [2.75, 3.05) is 5.32 Å². The van der Waals surface area contributed by atoms with E-state index in [9.17, 15) is 4.79 Å². The fraction of sp³-hybridized carbons (Fsp3) is 0.233. The van der Waals surface area contributed by atoms with Gasteiger partial charge in [0.2, 0.25) is 11.1 Å². The predicted octanol–water partition coefficient (Wildman–Crippen LogP) is 7.13. The van der Waals surface area contributed by atoms with E-state index in [-0.39, 0.29) is 11.8 Å². The second-order valence-electron chi connectivity index (χ2n) is 9.59. The molecule has 1 aliphatic heterocycles. The van der Waals surface area contributed by atoms with Crippen LogP contribution in [0.5, 0.6) is 5.75 Å². The lowest BCUT2D eigenvalue weighted by Crippen LogP contribution is -2.31. The number of ether oxygens (including phenoxy) is 1. The molecule has 1 aromatic heterocycles. The summed E-state index contributed by atoms with van der Waals surface area (Å²) in [5, 5.41) is 9.61. The number of carbonyl (C=O) groups excluding carboxylic acids is 1. The fourth-order valence-electron chi connectivity index (χ4n) is 4.89. The molecule has 0 bridgehead atoms. The second-order valence-corrected chi connectivity index (χ2v) is 10.9. The van der Waals surface area contributed by atoms with Crippen molar-refractivity contribution in [3.8, 4) is 5.75 Å². The molecular weight excluding hydrogens is 516 g/mol. The number of carbonyl (C=O) groups is 1. The highest BCUT2D eigenvalue weighted by atomic mass is 35.5. The van der Waals surface area contributed by atoms with Crippen LogP contribution >= 0.6 is 23.4 Å². The van der Waals surface area contributed by atoms with Gasteiger partial charge in [-0.1, -0.05) is 83.5 Å². The lowest BCUT2D eigenvalue weighted by atomic mass is 9.85. The first-order valence-corrected chi connectivity index (χ1v) is 14.1. The average molecular weight is 543 g/mol. The minimum absolute atomic E-state index is 0.154. The molecule has 2 aliphatic rings. The van der Waals surface area contributed by atoms with Crippen molar-refractivity contribution in [2.45, 2.75) is 49.7 Å². The van der Waals surface area contributed by atoms with Crippen molar-refractivity contribution in [3.05, 3.63) is 111 Å². The second kappa shape index (κ2) is 10.7. The topological polar surface area (TPSA) is 69.0 Å². The van der Waals surface area contributed by atoms with E-state index < -0.39 is 0 Å². The lowest BCUT2D eigenvalue weighted by Gasteiger charge is -2.32. The number of Topliss-reactive ketones (excluding diaryl/α,β-unsaturated/α-hetero) is 1. The third-order valence-corrected chi connectivity index (χ3v) is 8.12. The molecule has 0 saturated heterocycles. The Balaban J connectivity index is 1.30. The van der Waals surface area contributed by atoms with Gasteiger partial charge in [0, 0.05) is 28.5 Å². The minimum atomic E-state index is -0.362. The molecule has 2 heterocycles. The summed E-state index contributed by atoms with van der Waals surface area (Å²) in [7, 11) is 0. The molecule has 38 heavy (non-hydrogen) atoms. The maximum Gasteiger partial charge on any atom is 0.227 e. The normalized spacial score (nSPS) is 16.6. The zero-order chi connectivity index (χ0) is 26.1. The highest BCUT2D eigenvalue weighted by Crippen LogP contribution is 2.41. The summed E-state index contributed by atoms with van der Waals surface area (Å²) < 4.78 is 7.98. The number of halogens is 1. The van der Waals surface area contributed by atoms with Crippen LogP contribution in [0, 0.1) is 6.92 Å². The highest BCUT2D eigenvalue weighted by Gasteiger charge is 2.37. The van der Waals surface area contributed by atoms with E-state index in [1.807, 2.05) is 53.2 Å². The Hall–Kier alpha value is -3.55. The molecule has 3 aromatic carbocycles. The van der Waals surface area contributed by atoms with Crippen molar-refractivity contribution in [2.24, 2.45) is 0 Å². The number of anilines is 1. The number of nitrogens with zero attached hydrogens (tertiary/aromatic N) is 3. The Morgan fingerprint density at radius 1 is 1.08 bits per heavy atom. The van der Waals surface area contributed by atoms with Gasteiger partial charge < -0.3 is 10.1 Å². The smallest absolute Gasteiger partial charge is 0.227 e. The number of rotatable bonds is 7. The highest BCUT2D eigenvalue weighted by molar-refractivity contribution is 7.98. The molecule has 0 spiro atoms. The molecule has 1 aliphatic carbocycles. The molecule has 4 aromatic rings. The third-order valence-electron chi connectivity index (χ3n) is 6.86. The standard InChI is InChI=1S/C30H27ClN4O2S/c1-19-12-14-20(15-13-19)17-37-23-8-4-7-21(16-23)28-27-25(10-5-11-26(27)36)32-29-33-30(34-35(28)29)38-18-22-6-2-3-9-24(22)31/h2-4,6-9,12-16,28H,5,10-11,17-18H2,1H3,(H,32,33,34). The van der Waals surface area contributed by atoms with Gasteiger partial charge in [-0.15, -0.1) is 5.10 Å². The van der Waals surface area contributed by atoms with Crippen molar-refractivity contribution in [3.63, 3.8) is 0 Å². The summed E-state index contributed by atoms with van der Waals surface area (Å²) >= 11 is 7.88. The summed E-state index contributed by atoms with van der Waals surface area (Å²) in [6.07, 6.45) is 2.19. The van der Waals surface area contributed by atoms with E-state index in [4.69, 9.17) is 26.4 Å². The van der Waals surface area contributed by atoms with Gasteiger partial charge >= 0.3 is 0 Å². The van der Waals surface area contributed by atoms with Crippen molar-refractivity contribution in [1.29, 1.82) is 0 Å². The monoisotopic (exact) mass is 542 g/mol. The Kier molecular flexibility index (Phi) is 6.96. The average Bonchev–Trinajstić information content (AvgIpc) is 3.34. The molecule has 0 fully saturated rings. The first-order valence-electron chi connectivity index (χ1n) is 12.7. The van der Waals surface area contributed by atoms with Crippen LogP contribution < -0.4 is 10.1 Å². The Bertz CT molecular complexity index is 1530. The van der Waals surface area contributed by atoms with E-state index >= 15 is 0 Å². The number of hydrogen-bond acceptors (Lipinski definition) is 6. The number of aromatic nitrogens is 3. The first kappa shape index (κ1) is 24.8. The summed E-state index contributed by atoms with van der Waals surface area (Å²) in [5.74, 6) is 2.21. The molecule has 192 valence electrons. The van der Waals surface area contributed by atoms with E-state index in [1.165, 1.54) is 17.3 Å². The Morgan fingerprint density at radius 2 is 1.92 bits per heavy atom. The van der Waals surface area contributed by atoms with Gasteiger partial charge in [0.25, 0.3) is 0 Å². The first-order chi connectivity index (χ1) is 18.5. The van der Waals surface area contributed by atoms with Crippen LogP contribution in [0.2, 0.25) is 5.02 Å². The van der Waals surface area contributed by atoms with Crippen LogP contribution in [0.15, 0.2) is 89.2 Å². The van der Waals surface area contributed by atoms with Crippen LogP contribution in [-0.2, 0) is 17.2 Å². The fourth-order valence-corrected chi connectivity index (χ4v) is 6.00. The Labute approximate surface area is 231 Å². The van der Waals surface area contributed by atoms with Gasteiger partial charge in [0.1, 0.15) is 18.4 Å². The number of aryl methyl sites for hydroxylation is 1. The Morgan fingerprint density at radius 3 is 2.76 bits per heavy atom. The largest absolute Gasteiger partial charge is 0.489 e. The molecule has 8 heteroatoms. The lowest BCUT2D eigenvalue weighted by molar-refractivity contribution is -0.116. The van der Waals surface area contributed by atoms with Crippen LogP contribution in [0.1, 0.15) is 47.6 Å². The van der Waals surface area contributed by atoms with E-state index in [2.05, 4.69) is 36.5 Å². The quantitative estimate of drug-likeness (QED) is 0.250. The summed E-state index contributed by atoms with van der Waals surface area (Å²) in [4.78, 5) is 18.0. The van der Waals surface area contributed by atoms with Crippen LogP contribution in [0.4, 0.5) is 5.95 Å². The zero-order valence-electron chi connectivity index (χ0n) is 21.0. The third kappa shape index (κ3) is 5.08. The molecule has 0 saturated carbocycles. The van der Waals surface area contributed by atoms with Crippen LogP contribution in [-0.4, -0.2) is 20.5 Å². The van der Waals surface area contributed by atoms with E-state index in [0.29, 0.717) is 29.9 Å². The van der Waals surface area contributed by atoms with Crippen molar-refractivity contribution < 1.29 is 9.53 Å². The van der Waals surface area contributed by atoms with Gasteiger partial charge in [-0.25, -0.2) is 4.68 Å². The molecule has 1 atom stereocenters. The number of benzene rings is 3. The number of ketones is 1. The van der Waals surface area contributed by atoms with Crippen molar-refractivity contribution >= 4 is 35.1 Å².